The van der Waals surface area contributed by atoms with E-state index >= 15 is 0 Å². The molecule has 5 heteroatoms. The average Bonchev–Trinajstić information content (AvgIpc) is 2.46. The van der Waals surface area contributed by atoms with Crippen LogP contribution < -0.4 is 0 Å². The van der Waals surface area contributed by atoms with E-state index in [1.807, 2.05) is 37.3 Å². The fraction of sp³-hybridized carbons (Fsp3) is 0.467. The maximum Gasteiger partial charge on any atom is 0.407 e. The second-order valence-electron chi connectivity index (χ2n) is 5.39. The van der Waals surface area contributed by atoms with Gasteiger partial charge in [-0.25, -0.2) is 4.79 Å². The van der Waals surface area contributed by atoms with Crippen molar-refractivity contribution in [1.82, 2.24) is 4.90 Å². The zero-order valence-electron chi connectivity index (χ0n) is 11.5. The molecule has 1 saturated heterocycles. The second-order valence-corrected chi connectivity index (χ2v) is 5.39. The molecule has 0 unspecified atom stereocenters. The number of esters is 1. The van der Waals surface area contributed by atoms with E-state index in [-0.39, 0.29) is 12.6 Å². The van der Waals surface area contributed by atoms with Gasteiger partial charge in [-0.2, -0.15) is 0 Å². The number of amides is 1. The molecule has 0 atom stereocenters. The molecule has 1 aliphatic rings. The van der Waals surface area contributed by atoms with Gasteiger partial charge in [-0.3, -0.25) is 4.79 Å². The molecule has 1 N–H and O–H groups in total. The number of likely N-dealkylation sites (tertiary alicyclic amines) is 1. The Balaban J connectivity index is 1.88. The van der Waals surface area contributed by atoms with E-state index in [1.54, 1.807) is 0 Å². The Hall–Kier alpha value is -2.04. The highest BCUT2D eigenvalue weighted by atomic mass is 16.5. The first-order chi connectivity index (χ1) is 9.51. The SMILES string of the molecule is CC1(C(=O)OCc2ccccc2)CCN(C(=O)O)CC1. The number of carboxylic acid groups (broad SMARTS) is 1. The predicted octanol–water partition coefficient (Wildman–Crippen LogP) is 2.51. The first kappa shape index (κ1) is 14.4. The Morgan fingerprint density at radius 1 is 1.25 bits per heavy atom. The van der Waals surface area contributed by atoms with Crippen molar-refractivity contribution >= 4 is 12.1 Å². The normalized spacial score (nSPS) is 17.6. The Morgan fingerprint density at radius 2 is 1.85 bits per heavy atom. The topological polar surface area (TPSA) is 66.8 Å². The van der Waals surface area contributed by atoms with Crippen molar-refractivity contribution in [1.29, 1.82) is 0 Å². The summed E-state index contributed by atoms with van der Waals surface area (Å²) in [5.74, 6) is -0.244. The lowest BCUT2D eigenvalue weighted by Crippen LogP contribution is -2.45. The average molecular weight is 277 g/mol. The maximum absolute atomic E-state index is 12.2. The Labute approximate surface area is 118 Å². The number of hydrogen-bond acceptors (Lipinski definition) is 3. The van der Waals surface area contributed by atoms with Crippen LogP contribution in [0.5, 0.6) is 0 Å². The molecule has 0 radical (unpaired) electrons. The first-order valence-electron chi connectivity index (χ1n) is 6.70. The fourth-order valence-electron chi connectivity index (χ4n) is 2.29. The monoisotopic (exact) mass is 277 g/mol. The summed E-state index contributed by atoms with van der Waals surface area (Å²) in [5, 5.41) is 8.91. The van der Waals surface area contributed by atoms with E-state index in [0.717, 1.165) is 5.56 Å². The molecule has 108 valence electrons. The smallest absolute Gasteiger partial charge is 0.407 e. The van der Waals surface area contributed by atoms with Crippen molar-refractivity contribution < 1.29 is 19.4 Å². The van der Waals surface area contributed by atoms with Crippen LogP contribution in [0, 0.1) is 5.41 Å². The molecule has 0 aliphatic carbocycles. The Bertz CT molecular complexity index is 478. The molecule has 0 bridgehead atoms. The van der Waals surface area contributed by atoms with E-state index in [1.165, 1.54) is 4.90 Å². The number of hydrogen-bond donors (Lipinski definition) is 1. The number of carbonyl (C=O) groups excluding carboxylic acids is 1. The van der Waals surface area contributed by atoms with Gasteiger partial charge in [0.05, 0.1) is 5.41 Å². The molecule has 1 fully saturated rings. The highest BCUT2D eigenvalue weighted by molar-refractivity contribution is 5.77. The van der Waals surface area contributed by atoms with Gasteiger partial charge < -0.3 is 14.7 Å². The Morgan fingerprint density at radius 3 is 2.40 bits per heavy atom. The van der Waals surface area contributed by atoms with Gasteiger partial charge in [0, 0.05) is 13.1 Å². The van der Waals surface area contributed by atoms with Crippen LogP contribution in [0.2, 0.25) is 0 Å². The third-order valence-electron chi connectivity index (χ3n) is 3.84. The molecule has 1 aromatic carbocycles. The van der Waals surface area contributed by atoms with Gasteiger partial charge >= 0.3 is 12.1 Å². The lowest BCUT2D eigenvalue weighted by atomic mass is 9.80. The number of rotatable bonds is 3. The van der Waals surface area contributed by atoms with Gasteiger partial charge in [0.2, 0.25) is 0 Å². The fourth-order valence-corrected chi connectivity index (χ4v) is 2.29. The molecule has 0 spiro atoms. The van der Waals surface area contributed by atoms with Gasteiger partial charge in [-0.05, 0) is 25.3 Å². The first-order valence-corrected chi connectivity index (χ1v) is 6.70. The largest absolute Gasteiger partial charge is 0.465 e. The quantitative estimate of drug-likeness (QED) is 0.862. The number of nitrogens with zero attached hydrogens (tertiary/aromatic N) is 1. The highest BCUT2D eigenvalue weighted by Crippen LogP contribution is 2.32. The molecule has 1 aromatic rings. The Kier molecular flexibility index (Phi) is 4.27. The van der Waals surface area contributed by atoms with Crippen LogP contribution in [-0.4, -0.2) is 35.2 Å². The number of benzene rings is 1. The molecule has 0 aromatic heterocycles. The van der Waals surface area contributed by atoms with Crippen molar-refractivity contribution in [2.45, 2.75) is 26.4 Å². The lowest BCUT2D eigenvalue weighted by Gasteiger charge is -2.36. The van der Waals surface area contributed by atoms with Crippen molar-refractivity contribution in [3.63, 3.8) is 0 Å². The standard InChI is InChI=1S/C15H19NO4/c1-15(7-9-16(10-8-15)14(18)19)13(17)20-11-12-5-3-2-4-6-12/h2-6H,7-11H2,1H3,(H,18,19). The van der Waals surface area contributed by atoms with Gasteiger partial charge in [-0.1, -0.05) is 30.3 Å². The summed E-state index contributed by atoms with van der Waals surface area (Å²) in [6, 6.07) is 9.52. The van der Waals surface area contributed by atoms with Crippen molar-refractivity contribution in [3.05, 3.63) is 35.9 Å². The lowest BCUT2D eigenvalue weighted by molar-refractivity contribution is -0.159. The predicted molar refractivity (Wildman–Crippen MR) is 73.2 cm³/mol. The van der Waals surface area contributed by atoms with Gasteiger partial charge in [0.1, 0.15) is 6.61 Å². The van der Waals surface area contributed by atoms with Gasteiger partial charge in [-0.15, -0.1) is 0 Å². The van der Waals surface area contributed by atoms with Gasteiger partial charge in [0.25, 0.3) is 0 Å². The van der Waals surface area contributed by atoms with Crippen LogP contribution in [-0.2, 0) is 16.1 Å². The molecule has 1 heterocycles. The van der Waals surface area contributed by atoms with Crippen LogP contribution in [0.15, 0.2) is 30.3 Å². The van der Waals surface area contributed by atoms with Crippen molar-refractivity contribution in [2.75, 3.05) is 13.1 Å². The van der Waals surface area contributed by atoms with Crippen LogP contribution in [0.25, 0.3) is 0 Å². The zero-order chi connectivity index (χ0) is 14.6. The molecule has 5 nitrogen and oxygen atoms in total. The summed E-state index contributed by atoms with van der Waals surface area (Å²) in [6.07, 6.45) is 0.0875. The minimum absolute atomic E-state index is 0.244. The molecule has 1 amide bonds. The van der Waals surface area contributed by atoms with E-state index < -0.39 is 11.5 Å². The number of carbonyl (C=O) groups is 2. The molecule has 0 saturated carbocycles. The molecule has 2 rings (SSSR count). The molecule has 1 aliphatic heterocycles. The highest BCUT2D eigenvalue weighted by Gasteiger charge is 2.39. The van der Waals surface area contributed by atoms with Crippen molar-refractivity contribution in [3.8, 4) is 0 Å². The summed E-state index contributed by atoms with van der Waals surface area (Å²) < 4.78 is 5.36. The number of ether oxygens (including phenoxy) is 1. The van der Waals surface area contributed by atoms with E-state index in [4.69, 9.17) is 9.84 Å². The third kappa shape index (κ3) is 3.29. The molecule has 20 heavy (non-hydrogen) atoms. The molecular weight excluding hydrogens is 258 g/mol. The van der Waals surface area contributed by atoms with Crippen LogP contribution in [0.1, 0.15) is 25.3 Å². The van der Waals surface area contributed by atoms with E-state index in [0.29, 0.717) is 25.9 Å². The van der Waals surface area contributed by atoms with E-state index in [9.17, 15) is 9.59 Å². The summed E-state index contributed by atoms with van der Waals surface area (Å²) in [7, 11) is 0. The number of piperidine rings is 1. The van der Waals surface area contributed by atoms with Crippen LogP contribution in [0.3, 0.4) is 0 Å². The minimum atomic E-state index is -0.926. The summed E-state index contributed by atoms with van der Waals surface area (Å²) in [5.41, 5.74) is 0.369. The second kappa shape index (κ2) is 5.94. The summed E-state index contributed by atoms with van der Waals surface area (Å²) >= 11 is 0. The summed E-state index contributed by atoms with van der Waals surface area (Å²) in [4.78, 5) is 24.4. The minimum Gasteiger partial charge on any atom is -0.465 e. The molecular formula is C15H19NO4. The van der Waals surface area contributed by atoms with E-state index in [2.05, 4.69) is 0 Å². The van der Waals surface area contributed by atoms with Crippen LogP contribution >= 0.6 is 0 Å². The van der Waals surface area contributed by atoms with Gasteiger partial charge in [0.15, 0.2) is 0 Å². The van der Waals surface area contributed by atoms with Crippen LogP contribution in [0.4, 0.5) is 4.79 Å². The third-order valence-corrected chi connectivity index (χ3v) is 3.84. The maximum atomic E-state index is 12.2. The zero-order valence-corrected chi connectivity index (χ0v) is 11.5. The van der Waals surface area contributed by atoms with Crippen molar-refractivity contribution in [2.24, 2.45) is 5.41 Å². The summed E-state index contributed by atoms with van der Waals surface area (Å²) in [6.45, 7) is 2.87.